The van der Waals surface area contributed by atoms with Gasteiger partial charge in [-0.15, -0.1) is 0 Å². The molecule has 2 rings (SSSR count). The molecule has 0 aliphatic carbocycles. The number of fused-ring (bicyclic) bond motifs is 1. The first-order valence-corrected chi connectivity index (χ1v) is 8.56. The average Bonchev–Trinajstić information content (AvgIpc) is 2.89. The van der Waals surface area contributed by atoms with Crippen LogP contribution in [0, 0.1) is 5.92 Å². The lowest BCUT2D eigenvalue weighted by molar-refractivity contribution is 0.147. The van der Waals surface area contributed by atoms with Crippen molar-refractivity contribution >= 4 is 30.7 Å². The Hall–Kier alpha value is -2.03. The number of nitrogens with zero attached hydrogens (tertiary/aromatic N) is 4. The van der Waals surface area contributed by atoms with E-state index in [1.54, 1.807) is 0 Å². The van der Waals surface area contributed by atoms with Crippen LogP contribution in [0.4, 0.5) is 10.6 Å². The molecule has 11 heteroatoms. The van der Waals surface area contributed by atoms with E-state index in [0.717, 1.165) is 7.11 Å². The summed E-state index contributed by atoms with van der Waals surface area (Å²) in [6, 6.07) is 0. The predicted molar refractivity (Wildman–Crippen MR) is 82.0 cm³/mol. The first kappa shape index (κ1) is 17.3. The zero-order valence-corrected chi connectivity index (χ0v) is 13.9. The number of carbonyl (C=O) groups excluding carboxylic acids is 1. The van der Waals surface area contributed by atoms with Crippen LogP contribution in [0.1, 0.15) is 13.8 Å². The summed E-state index contributed by atoms with van der Waals surface area (Å²) in [5.74, 6) is 0.366. The fourth-order valence-corrected chi connectivity index (χ4v) is 2.41. The van der Waals surface area contributed by atoms with E-state index in [2.05, 4.69) is 24.8 Å². The topological polar surface area (TPSA) is 128 Å². The molecule has 0 saturated carbocycles. The number of anilines is 1. The van der Waals surface area contributed by atoms with Crippen molar-refractivity contribution in [2.45, 2.75) is 20.1 Å². The number of imidazole rings is 1. The molecule has 2 N–H and O–H groups in total. The maximum atomic E-state index is 11.7. The summed E-state index contributed by atoms with van der Waals surface area (Å²) in [6.07, 6.45) is 1.58. The Morgan fingerprint density at radius 2 is 2.17 bits per heavy atom. The number of hydrogen-bond donors (Lipinski definition) is 2. The summed E-state index contributed by atoms with van der Waals surface area (Å²) in [4.78, 5) is 33.3. The van der Waals surface area contributed by atoms with Crippen molar-refractivity contribution in [1.29, 1.82) is 0 Å². The highest BCUT2D eigenvalue weighted by Gasteiger charge is 2.21. The zero-order valence-electron chi connectivity index (χ0n) is 13.0. The molecule has 0 aromatic carbocycles. The molecule has 0 aliphatic heterocycles. The van der Waals surface area contributed by atoms with Crippen LogP contribution < -0.4 is 5.32 Å². The van der Waals surface area contributed by atoms with Crippen LogP contribution in [0.5, 0.6) is 0 Å². The largest absolute Gasteiger partial charge is 0.449 e. The summed E-state index contributed by atoms with van der Waals surface area (Å²) in [5, 5.41) is 2.48. The highest BCUT2D eigenvalue weighted by molar-refractivity contribution is 7.51. The summed E-state index contributed by atoms with van der Waals surface area (Å²) in [5.41, 5.74) is 0.579. The summed E-state index contributed by atoms with van der Waals surface area (Å²) < 4.78 is 22.6. The predicted octanol–water partition coefficient (Wildman–Crippen LogP) is 1.82. The van der Waals surface area contributed by atoms with Crippen molar-refractivity contribution in [2.75, 3.05) is 19.0 Å². The zero-order chi connectivity index (χ0) is 17.0. The third-order valence-corrected chi connectivity index (χ3v) is 4.02. The number of hydrogen-bond acceptors (Lipinski definition) is 7. The molecule has 2 aromatic rings. The van der Waals surface area contributed by atoms with E-state index < -0.39 is 13.7 Å². The molecule has 2 heterocycles. The molecule has 0 bridgehead atoms. The molecular weight excluding hydrogens is 325 g/mol. The van der Waals surface area contributed by atoms with Crippen LogP contribution in [0.3, 0.4) is 0 Å². The highest BCUT2D eigenvalue weighted by atomic mass is 31.2. The molecule has 1 unspecified atom stereocenters. The maximum absolute atomic E-state index is 11.7. The third-order valence-electron chi connectivity index (χ3n) is 2.79. The number of aromatic nitrogens is 4. The van der Waals surface area contributed by atoms with E-state index in [9.17, 15) is 14.3 Å². The van der Waals surface area contributed by atoms with Gasteiger partial charge < -0.3 is 18.7 Å². The first-order valence-electron chi connectivity index (χ1n) is 6.79. The van der Waals surface area contributed by atoms with Gasteiger partial charge in [-0.05, 0) is 5.92 Å². The van der Waals surface area contributed by atoms with Crippen LogP contribution >= 0.6 is 7.60 Å². The van der Waals surface area contributed by atoms with Gasteiger partial charge in [0, 0.05) is 7.11 Å². The van der Waals surface area contributed by atoms with E-state index in [1.807, 2.05) is 13.8 Å². The second-order valence-electron chi connectivity index (χ2n) is 5.19. The SMILES string of the molecule is COP(=O)(O)Cn1cnc2c(NC(=O)OCC(C)C)ncnc21. The molecule has 0 radical (unpaired) electrons. The van der Waals surface area contributed by atoms with Crippen molar-refractivity contribution in [2.24, 2.45) is 5.92 Å². The van der Waals surface area contributed by atoms with Gasteiger partial charge in [-0.1, -0.05) is 13.8 Å². The molecule has 2 aromatic heterocycles. The van der Waals surface area contributed by atoms with Crippen molar-refractivity contribution in [3.8, 4) is 0 Å². The highest BCUT2D eigenvalue weighted by Crippen LogP contribution is 2.43. The molecule has 1 atom stereocenters. The number of ether oxygens (including phenoxy) is 1. The summed E-state index contributed by atoms with van der Waals surface area (Å²) >= 11 is 0. The smallest absolute Gasteiger partial charge is 0.412 e. The average molecular weight is 343 g/mol. The molecule has 0 spiro atoms. The number of rotatable bonds is 6. The summed E-state index contributed by atoms with van der Waals surface area (Å²) in [6.45, 7) is 4.11. The molecule has 10 nitrogen and oxygen atoms in total. The Kier molecular flexibility index (Phi) is 5.30. The van der Waals surface area contributed by atoms with Gasteiger partial charge in [-0.3, -0.25) is 9.88 Å². The lowest BCUT2D eigenvalue weighted by Gasteiger charge is -2.10. The van der Waals surface area contributed by atoms with Crippen molar-refractivity contribution in [3.63, 3.8) is 0 Å². The second kappa shape index (κ2) is 7.03. The van der Waals surface area contributed by atoms with Crippen molar-refractivity contribution in [1.82, 2.24) is 19.5 Å². The van der Waals surface area contributed by atoms with E-state index in [1.165, 1.54) is 17.2 Å². The Morgan fingerprint density at radius 3 is 2.83 bits per heavy atom. The first-order chi connectivity index (χ1) is 10.8. The fourth-order valence-electron chi connectivity index (χ4n) is 1.70. The van der Waals surface area contributed by atoms with E-state index in [-0.39, 0.29) is 30.1 Å². The molecule has 23 heavy (non-hydrogen) atoms. The van der Waals surface area contributed by atoms with Gasteiger partial charge in [-0.25, -0.2) is 19.7 Å². The Labute approximate surface area is 132 Å². The van der Waals surface area contributed by atoms with E-state index in [0.29, 0.717) is 5.65 Å². The van der Waals surface area contributed by atoms with E-state index in [4.69, 9.17) is 4.74 Å². The standard InChI is InChI=1S/C12H18N5O5P/c1-8(2)4-22-12(18)16-10-9-11(14-5-13-10)17(6-15-9)7-23(19,20)21-3/h5-6,8H,4,7H2,1-3H3,(H,19,20)(H,13,14,16,18). The number of carbonyl (C=O) groups is 1. The van der Waals surface area contributed by atoms with Gasteiger partial charge in [-0.2, -0.15) is 0 Å². The molecule has 0 fully saturated rings. The van der Waals surface area contributed by atoms with Gasteiger partial charge >= 0.3 is 13.7 Å². The van der Waals surface area contributed by atoms with Gasteiger partial charge in [0.2, 0.25) is 0 Å². The minimum Gasteiger partial charge on any atom is -0.449 e. The van der Waals surface area contributed by atoms with Gasteiger partial charge in [0.1, 0.15) is 12.6 Å². The Balaban J connectivity index is 2.21. The van der Waals surface area contributed by atoms with Gasteiger partial charge in [0.05, 0.1) is 12.9 Å². The lowest BCUT2D eigenvalue weighted by atomic mass is 10.2. The second-order valence-corrected chi connectivity index (χ2v) is 7.11. The van der Waals surface area contributed by atoms with Crippen LogP contribution in [-0.2, 0) is 20.1 Å². The third kappa shape index (κ3) is 4.47. The van der Waals surface area contributed by atoms with Crippen LogP contribution in [-0.4, -0.2) is 44.2 Å². The monoisotopic (exact) mass is 343 g/mol. The number of nitrogens with one attached hydrogen (secondary N) is 1. The van der Waals surface area contributed by atoms with Crippen molar-refractivity contribution in [3.05, 3.63) is 12.7 Å². The van der Waals surface area contributed by atoms with Gasteiger partial charge in [0.25, 0.3) is 0 Å². The Bertz CT molecular complexity index is 747. The fraction of sp³-hybridized carbons (Fsp3) is 0.500. The summed E-state index contributed by atoms with van der Waals surface area (Å²) in [7, 11) is -2.63. The normalized spacial score (nSPS) is 14.0. The van der Waals surface area contributed by atoms with Gasteiger partial charge in [0.15, 0.2) is 17.0 Å². The van der Waals surface area contributed by atoms with Crippen LogP contribution in [0.15, 0.2) is 12.7 Å². The quantitative estimate of drug-likeness (QED) is 0.760. The minimum absolute atomic E-state index is 0.160. The van der Waals surface area contributed by atoms with Crippen LogP contribution in [0.25, 0.3) is 11.2 Å². The van der Waals surface area contributed by atoms with Crippen molar-refractivity contribution < 1.29 is 23.5 Å². The molecule has 0 saturated heterocycles. The minimum atomic E-state index is -3.78. The molecular formula is C12H18N5O5P. The van der Waals surface area contributed by atoms with Crippen LogP contribution in [0.2, 0.25) is 0 Å². The number of amides is 1. The molecule has 0 aliphatic rings. The molecule has 126 valence electrons. The lowest BCUT2D eigenvalue weighted by Crippen LogP contribution is -2.17. The maximum Gasteiger partial charge on any atom is 0.412 e. The Morgan fingerprint density at radius 1 is 1.43 bits per heavy atom. The van der Waals surface area contributed by atoms with E-state index >= 15 is 0 Å². The molecule has 1 amide bonds.